The number of anilines is 2. The van der Waals surface area contributed by atoms with Crippen LogP contribution >= 0.6 is 0 Å². The summed E-state index contributed by atoms with van der Waals surface area (Å²) in [6.07, 6.45) is 0.732. The lowest BCUT2D eigenvalue weighted by Gasteiger charge is -2.49. The number of amides is 1. The summed E-state index contributed by atoms with van der Waals surface area (Å²) >= 11 is 0. The number of fused-ring (bicyclic) bond motifs is 3. The molecule has 3 unspecified atom stereocenters. The van der Waals surface area contributed by atoms with E-state index in [2.05, 4.69) is 77.5 Å². The predicted octanol–water partition coefficient (Wildman–Crippen LogP) is 4.75. The summed E-state index contributed by atoms with van der Waals surface area (Å²) in [6, 6.07) is 25.2. The van der Waals surface area contributed by atoms with E-state index in [4.69, 9.17) is 4.74 Å². The van der Waals surface area contributed by atoms with E-state index < -0.39 is 0 Å². The third kappa shape index (κ3) is 4.35. The van der Waals surface area contributed by atoms with E-state index in [-0.39, 0.29) is 23.9 Å². The molecule has 0 aromatic heterocycles. The topological polar surface area (TPSA) is 44.8 Å². The molecule has 0 bridgehead atoms. The van der Waals surface area contributed by atoms with E-state index in [0.717, 1.165) is 37.4 Å². The van der Waals surface area contributed by atoms with Crippen LogP contribution in [0.25, 0.3) is 0 Å². The van der Waals surface area contributed by atoms with Crippen molar-refractivity contribution in [3.05, 3.63) is 89.5 Å². The van der Waals surface area contributed by atoms with E-state index >= 15 is 0 Å². The zero-order valence-corrected chi connectivity index (χ0v) is 20.2. The van der Waals surface area contributed by atoms with Crippen LogP contribution < -0.4 is 19.9 Å². The highest BCUT2D eigenvalue weighted by atomic mass is 16.5. The van der Waals surface area contributed by atoms with Gasteiger partial charge in [-0.25, -0.2) is 0 Å². The van der Waals surface area contributed by atoms with Crippen LogP contribution in [0.2, 0.25) is 0 Å². The SMILES string of the molecule is COc1ccc2c(c1)N1CCN(c3ccc(C)cc3)CC1C(C(=O)NC(C)c1ccccc1)C2. The van der Waals surface area contributed by atoms with Gasteiger partial charge in [0.2, 0.25) is 5.91 Å². The highest BCUT2D eigenvalue weighted by Gasteiger charge is 2.42. The van der Waals surface area contributed by atoms with E-state index in [1.807, 2.05) is 24.3 Å². The number of hydrogen-bond donors (Lipinski definition) is 1. The molecule has 1 N–H and O–H groups in total. The summed E-state index contributed by atoms with van der Waals surface area (Å²) < 4.78 is 5.52. The molecule has 176 valence electrons. The highest BCUT2D eigenvalue weighted by molar-refractivity contribution is 5.83. The number of rotatable bonds is 5. The quantitative estimate of drug-likeness (QED) is 0.603. The fourth-order valence-electron chi connectivity index (χ4n) is 5.34. The molecule has 1 amide bonds. The molecule has 0 saturated carbocycles. The molecule has 3 aromatic rings. The Kier molecular flexibility index (Phi) is 6.18. The van der Waals surface area contributed by atoms with Crippen LogP contribution in [0, 0.1) is 12.8 Å². The van der Waals surface area contributed by atoms with Gasteiger partial charge in [0.25, 0.3) is 0 Å². The summed E-state index contributed by atoms with van der Waals surface area (Å²) in [5.74, 6) is 0.859. The Morgan fingerprint density at radius 3 is 2.53 bits per heavy atom. The number of nitrogens with zero attached hydrogens (tertiary/aromatic N) is 2. The first kappa shape index (κ1) is 22.3. The first-order valence-corrected chi connectivity index (χ1v) is 12.1. The smallest absolute Gasteiger partial charge is 0.226 e. The Labute approximate surface area is 202 Å². The first-order valence-electron chi connectivity index (χ1n) is 12.1. The standard InChI is InChI=1S/C29H33N3O2/c1-20-9-12-24(13-10-20)31-15-16-32-27-18-25(34-3)14-11-23(27)17-26(28(32)19-31)29(33)30-21(2)22-7-5-4-6-8-22/h4-14,18,21,26,28H,15-17,19H2,1-3H3,(H,30,33). The third-order valence-corrected chi connectivity index (χ3v) is 7.32. The summed E-state index contributed by atoms with van der Waals surface area (Å²) in [6.45, 7) is 6.78. The van der Waals surface area contributed by atoms with Gasteiger partial charge in [0.1, 0.15) is 5.75 Å². The molecule has 3 atom stereocenters. The Bertz CT molecular complexity index is 1150. The van der Waals surface area contributed by atoms with Crippen LogP contribution in [0.4, 0.5) is 11.4 Å². The van der Waals surface area contributed by atoms with Crippen LogP contribution in [-0.2, 0) is 11.2 Å². The van der Waals surface area contributed by atoms with Crippen molar-refractivity contribution < 1.29 is 9.53 Å². The van der Waals surface area contributed by atoms with Gasteiger partial charge in [0, 0.05) is 37.1 Å². The lowest BCUT2D eigenvalue weighted by Crippen LogP contribution is -2.61. The second-order valence-electron chi connectivity index (χ2n) is 9.49. The fourth-order valence-corrected chi connectivity index (χ4v) is 5.34. The van der Waals surface area contributed by atoms with Crippen molar-refractivity contribution >= 4 is 17.3 Å². The Morgan fingerprint density at radius 2 is 1.79 bits per heavy atom. The van der Waals surface area contributed by atoms with Gasteiger partial charge in [-0.15, -0.1) is 0 Å². The normalized spacial score (nSPS) is 20.2. The lowest BCUT2D eigenvalue weighted by atomic mass is 9.83. The van der Waals surface area contributed by atoms with Crippen LogP contribution in [0.15, 0.2) is 72.8 Å². The number of methoxy groups -OCH3 is 1. The molecule has 0 radical (unpaired) electrons. The van der Waals surface area contributed by atoms with Crippen molar-refractivity contribution in [2.75, 3.05) is 36.5 Å². The molecule has 3 aromatic carbocycles. The molecule has 34 heavy (non-hydrogen) atoms. The maximum Gasteiger partial charge on any atom is 0.226 e. The molecule has 2 aliphatic heterocycles. The zero-order chi connectivity index (χ0) is 23.7. The van der Waals surface area contributed by atoms with Crippen molar-refractivity contribution in [1.29, 1.82) is 0 Å². The minimum atomic E-state index is -0.125. The maximum absolute atomic E-state index is 13.7. The Hall–Kier alpha value is -3.47. The van der Waals surface area contributed by atoms with Gasteiger partial charge in [-0.05, 0) is 49.6 Å². The molecule has 0 spiro atoms. The molecule has 0 aliphatic carbocycles. The Morgan fingerprint density at radius 1 is 1.03 bits per heavy atom. The minimum absolute atomic E-state index is 0.0313. The number of hydrogen-bond acceptors (Lipinski definition) is 4. The fraction of sp³-hybridized carbons (Fsp3) is 0.345. The second-order valence-corrected chi connectivity index (χ2v) is 9.49. The average Bonchev–Trinajstić information content (AvgIpc) is 2.88. The molecular formula is C29H33N3O2. The lowest BCUT2D eigenvalue weighted by molar-refractivity contribution is -0.126. The van der Waals surface area contributed by atoms with Crippen LogP contribution in [0.1, 0.15) is 29.7 Å². The summed E-state index contributed by atoms with van der Waals surface area (Å²) in [5.41, 5.74) is 6.02. The molecule has 1 saturated heterocycles. The molecule has 2 aliphatic rings. The van der Waals surface area contributed by atoms with E-state index in [1.54, 1.807) is 7.11 Å². The monoisotopic (exact) mass is 455 g/mol. The van der Waals surface area contributed by atoms with Crippen molar-refractivity contribution in [3.8, 4) is 5.75 Å². The molecule has 5 nitrogen and oxygen atoms in total. The molecule has 2 heterocycles. The van der Waals surface area contributed by atoms with Gasteiger partial charge in [0.15, 0.2) is 0 Å². The van der Waals surface area contributed by atoms with Crippen LogP contribution in [-0.4, -0.2) is 38.7 Å². The molecule has 5 rings (SSSR count). The number of carbonyl (C=O) groups is 1. The van der Waals surface area contributed by atoms with Crippen LogP contribution in [0.3, 0.4) is 0 Å². The largest absolute Gasteiger partial charge is 0.497 e. The van der Waals surface area contributed by atoms with Gasteiger partial charge in [-0.2, -0.15) is 0 Å². The number of benzene rings is 3. The van der Waals surface area contributed by atoms with Gasteiger partial charge in [-0.3, -0.25) is 4.79 Å². The average molecular weight is 456 g/mol. The Balaban J connectivity index is 1.44. The predicted molar refractivity (Wildman–Crippen MR) is 138 cm³/mol. The minimum Gasteiger partial charge on any atom is -0.497 e. The zero-order valence-electron chi connectivity index (χ0n) is 20.2. The number of ether oxygens (including phenoxy) is 1. The van der Waals surface area contributed by atoms with Crippen molar-refractivity contribution in [3.63, 3.8) is 0 Å². The van der Waals surface area contributed by atoms with Crippen LogP contribution in [0.5, 0.6) is 5.75 Å². The number of aryl methyl sites for hydroxylation is 1. The highest BCUT2D eigenvalue weighted by Crippen LogP contribution is 2.39. The molecular weight excluding hydrogens is 422 g/mol. The molecule has 5 heteroatoms. The van der Waals surface area contributed by atoms with Gasteiger partial charge >= 0.3 is 0 Å². The van der Waals surface area contributed by atoms with Crippen molar-refractivity contribution in [2.45, 2.75) is 32.4 Å². The van der Waals surface area contributed by atoms with Gasteiger partial charge < -0.3 is 19.9 Å². The molecule has 1 fully saturated rings. The number of nitrogens with one attached hydrogen (secondary N) is 1. The van der Waals surface area contributed by atoms with E-state index in [9.17, 15) is 4.79 Å². The van der Waals surface area contributed by atoms with Crippen molar-refractivity contribution in [1.82, 2.24) is 5.32 Å². The maximum atomic E-state index is 13.7. The first-order chi connectivity index (χ1) is 16.5. The third-order valence-electron chi connectivity index (χ3n) is 7.32. The van der Waals surface area contributed by atoms with Gasteiger partial charge in [0.05, 0.1) is 25.1 Å². The van der Waals surface area contributed by atoms with E-state index in [1.165, 1.54) is 22.5 Å². The number of carbonyl (C=O) groups excluding carboxylic acids is 1. The summed E-state index contributed by atoms with van der Waals surface area (Å²) in [5, 5.41) is 3.31. The van der Waals surface area contributed by atoms with E-state index in [0.29, 0.717) is 0 Å². The van der Waals surface area contributed by atoms with Gasteiger partial charge in [-0.1, -0.05) is 54.1 Å². The summed E-state index contributed by atoms with van der Waals surface area (Å²) in [7, 11) is 1.71. The number of piperazine rings is 1. The van der Waals surface area contributed by atoms with Crippen molar-refractivity contribution in [2.24, 2.45) is 5.92 Å². The second kappa shape index (κ2) is 9.41. The summed E-state index contributed by atoms with van der Waals surface area (Å²) in [4.78, 5) is 18.5.